The van der Waals surface area contributed by atoms with Crippen LogP contribution in [-0.4, -0.2) is 25.9 Å². The lowest BCUT2D eigenvalue weighted by Gasteiger charge is -2.13. The van der Waals surface area contributed by atoms with Crippen molar-refractivity contribution in [3.8, 4) is 5.88 Å². The van der Waals surface area contributed by atoms with Gasteiger partial charge in [0.05, 0.1) is 12.6 Å². The highest BCUT2D eigenvalue weighted by Gasteiger charge is 2.07. The molecule has 0 radical (unpaired) electrons. The minimum absolute atomic E-state index is 0.117. The van der Waals surface area contributed by atoms with Crippen molar-refractivity contribution in [1.29, 1.82) is 0 Å². The van der Waals surface area contributed by atoms with Crippen LogP contribution in [0.15, 0.2) is 24.7 Å². The zero-order valence-electron chi connectivity index (χ0n) is 12.9. The molecule has 0 atom stereocenters. The van der Waals surface area contributed by atoms with Crippen molar-refractivity contribution in [3.63, 3.8) is 0 Å². The maximum atomic E-state index is 5.71. The van der Waals surface area contributed by atoms with E-state index in [0.29, 0.717) is 19.0 Å². The summed E-state index contributed by atoms with van der Waals surface area (Å²) in [6, 6.07) is 3.94. The first-order chi connectivity index (χ1) is 10.2. The molecule has 114 valence electrons. The SMILES string of the molecule is CCCn1ncnc1CNCc1cccnc1OC(C)C. The van der Waals surface area contributed by atoms with Crippen LogP contribution in [0.2, 0.25) is 0 Å². The molecule has 0 aliphatic rings. The number of aryl methyl sites for hydroxylation is 1. The summed E-state index contributed by atoms with van der Waals surface area (Å²) in [5, 5.41) is 7.59. The van der Waals surface area contributed by atoms with E-state index in [0.717, 1.165) is 24.4 Å². The summed E-state index contributed by atoms with van der Waals surface area (Å²) in [7, 11) is 0. The van der Waals surface area contributed by atoms with E-state index in [2.05, 4.69) is 27.3 Å². The van der Waals surface area contributed by atoms with Crippen LogP contribution in [0.3, 0.4) is 0 Å². The Morgan fingerprint density at radius 1 is 1.29 bits per heavy atom. The molecule has 6 heteroatoms. The van der Waals surface area contributed by atoms with Crippen LogP contribution in [0.5, 0.6) is 5.88 Å². The lowest BCUT2D eigenvalue weighted by molar-refractivity contribution is 0.229. The number of hydrogen-bond donors (Lipinski definition) is 1. The van der Waals surface area contributed by atoms with E-state index in [-0.39, 0.29) is 6.10 Å². The lowest BCUT2D eigenvalue weighted by atomic mass is 10.2. The normalized spacial score (nSPS) is 11.0. The van der Waals surface area contributed by atoms with Crippen molar-refractivity contribution in [2.24, 2.45) is 0 Å². The van der Waals surface area contributed by atoms with E-state index in [1.807, 2.05) is 30.7 Å². The standard InChI is InChI=1S/C15H23N5O/c1-4-8-20-14(18-11-19-20)10-16-9-13-6-5-7-17-15(13)21-12(2)3/h5-7,11-12,16H,4,8-10H2,1-3H3. The monoisotopic (exact) mass is 289 g/mol. The minimum atomic E-state index is 0.117. The van der Waals surface area contributed by atoms with Gasteiger partial charge in [0.1, 0.15) is 12.2 Å². The van der Waals surface area contributed by atoms with Gasteiger partial charge < -0.3 is 10.1 Å². The van der Waals surface area contributed by atoms with Gasteiger partial charge in [-0.1, -0.05) is 13.0 Å². The van der Waals surface area contributed by atoms with Gasteiger partial charge in [-0.3, -0.25) is 0 Å². The van der Waals surface area contributed by atoms with Gasteiger partial charge in [-0.2, -0.15) is 5.10 Å². The number of nitrogens with zero attached hydrogens (tertiary/aromatic N) is 4. The quantitative estimate of drug-likeness (QED) is 0.806. The first-order valence-electron chi connectivity index (χ1n) is 7.38. The van der Waals surface area contributed by atoms with Gasteiger partial charge in [0.15, 0.2) is 0 Å². The zero-order chi connectivity index (χ0) is 15.1. The molecular weight excluding hydrogens is 266 g/mol. The third kappa shape index (κ3) is 4.53. The smallest absolute Gasteiger partial charge is 0.218 e. The van der Waals surface area contributed by atoms with Gasteiger partial charge in [0.2, 0.25) is 5.88 Å². The van der Waals surface area contributed by atoms with Gasteiger partial charge in [-0.15, -0.1) is 0 Å². The molecule has 2 rings (SSSR count). The fourth-order valence-corrected chi connectivity index (χ4v) is 2.02. The average Bonchev–Trinajstić information content (AvgIpc) is 2.88. The Bertz CT molecular complexity index is 553. The Kier molecular flexibility index (Phi) is 5.68. The number of aromatic nitrogens is 4. The molecule has 0 saturated carbocycles. The summed E-state index contributed by atoms with van der Waals surface area (Å²) < 4.78 is 7.64. The number of nitrogens with one attached hydrogen (secondary N) is 1. The molecule has 0 bridgehead atoms. The van der Waals surface area contributed by atoms with Crippen molar-refractivity contribution in [1.82, 2.24) is 25.1 Å². The molecule has 1 N–H and O–H groups in total. The zero-order valence-corrected chi connectivity index (χ0v) is 12.9. The summed E-state index contributed by atoms with van der Waals surface area (Å²) in [6.45, 7) is 8.39. The second-order valence-corrected chi connectivity index (χ2v) is 5.14. The molecule has 0 fully saturated rings. The third-order valence-electron chi connectivity index (χ3n) is 2.93. The van der Waals surface area contributed by atoms with Crippen molar-refractivity contribution in [2.45, 2.75) is 52.9 Å². The Labute approximate surface area is 125 Å². The largest absolute Gasteiger partial charge is 0.475 e. The molecule has 0 unspecified atom stereocenters. The second kappa shape index (κ2) is 7.73. The maximum absolute atomic E-state index is 5.71. The highest BCUT2D eigenvalue weighted by Crippen LogP contribution is 2.15. The average molecular weight is 289 g/mol. The van der Waals surface area contributed by atoms with Crippen LogP contribution < -0.4 is 10.1 Å². The molecule has 0 amide bonds. The van der Waals surface area contributed by atoms with E-state index in [9.17, 15) is 0 Å². The van der Waals surface area contributed by atoms with Gasteiger partial charge in [0, 0.05) is 24.8 Å². The summed E-state index contributed by atoms with van der Waals surface area (Å²) >= 11 is 0. The van der Waals surface area contributed by atoms with Crippen LogP contribution in [-0.2, 0) is 19.6 Å². The molecule has 0 aliphatic heterocycles. The molecular formula is C15H23N5O. The van der Waals surface area contributed by atoms with Gasteiger partial charge >= 0.3 is 0 Å². The lowest BCUT2D eigenvalue weighted by Crippen LogP contribution is -2.18. The Hall–Kier alpha value is -1.95. The van der Waals surface area contributed by atoms with Crippen LogP contribution in [0.4, 0.5) is 0 Å². The summed E-state index contributed by atoms with van der Waals surface area (Å²) in [4.78, 5) is 8.57. The summed E-state index contributed by atoms with van der Waals surface area (Å²) in [6.07, 6.45) is 4.51. The van der Waals surface area contributed by atoms with Crippen molar-refractivity contribution in [3.05, 3.63) is 36.0 Å². The summed E-state index contributed by atoms with van der Waals surface area (Å²) in [5.74, 6) is 1.64. The van der Waals surface area contributed by atoms with E-state index in [1.165, 1.54) is 0 Å². The van der Waals surface area contributed by atoms with Crippen molar-refractivity contribution in [2.75, 3.05) is 0 Å². The highest BCUT2D eigenvalue weighted by atomic mass is 16.5. The van der Waals surface area contributed by atoms with Gasteiger partial charge in [-0.25, -0.2) is 14.6 Å². The predicted octanol–water partition coefficient (Wildman–Crippen LogP) is 2.16. The third-order valence-corrected chi connectivity index (χ3v) is 2.93. The molecule has 0 aromatic carbocycles. The van der Waals surface area contributed by atoms with Crippen LogP contribution in [0.25, 0.3) is 0 Å². The van der Waals surface area contributed by atoms with Gasteiger partial charge in [-0.05, 0) is 26.3 Å². The first kappa shape index (κ1) is 15.4. The summed E-state index contributed by atoms with van der Waals surface area (Å²) in [5.41, 5.74) is 1.05. The molecule has 21 heavy (non-hydrogen) atoms. The van der Waals surface area contributed by atoms with Gasteiger partial charge in [0.25, 0.3) is 0 Å². The first-order valence-corrected chi connectivity index (χ1v) is 7.38. The van der Waals surface area contributed by atoms with E-state index in [1.54, 1.807) is 12.5 Å². The van der Waals surface area contributed by atoms with Crippen LogP contribution in [0.1, 0.15) is 38.6 Å². The van der Waals surface area contributed by atoms with Crippen molar-refractivity contribution < 1.29 is 4.74 Å². The molecule has 0 aliphatic carbocycles. The predicted molar refractivity (Wildman–Crippen MR) is 80.9 cm³/mol. The molecule has 2 aromatic heterocycles. The fraction of sp³-hybridized carbons (Fsp3) is 0.533. The Morgan fingerprint density at radius 2 is 2.14 bits per heavy atom. The number of ether oxygens (including phenoxy) is 1. The molecule has 2 aromatic rings. The van der Waals surface area contributed by atoms with Crippen LogP contribution in [0, 0.1) is 0 Å². The van der Waals surface area contributed by atoms with E-state index >= 15 is 0 Å². The number of hydrogen-bond acceptors (Lipinski definition) is 5. The topological polar surface area (TPSA) is 64.9 Å². The number of pyridine rings is 1. The molecule has 2 heterocycles. The highest BCUT2D eigenvalue weighted by molar-refractivity contribution is 5.25. The van der Waals surface area contributed by atoms with Crippen molar-refractivity contribution >= 4 is 0 Å². The molecule has 0 saturated heterocycles. The minimum Gasteiger partial charge on any atom is -0.475 e. The Balaban J connectivity index is 1.92. The molecule has 6 nitrogen and oxygen atoms in total. The Morgan fingerprint density at radius 3 is 2.90 bits per heavy atom. The maximum Gasteiger partial charge on any atom is 0.218 e. The van der Waals surface area contributed by atoms with Crippen LogP contribution >= 0.6 is 0 Å². The fourth-order valence-electron chi connectivity index (χ4n) is 2.02. The number of rotatable bonds is 8. The second-order valence-electron chi connectivity index (χ2n) is 5.14. The van der Waals surface area contributed by atoms with E-state index < -0.39 is 0 Å². The van der Waals surface area contributed by atoms with E-state index in [4.69, 9.17) is 4.74 Å². The molecule has 0 spiro atoms.